The first-order valence-corrected chi connectivity index (χ1v) is 7.90. The Balaban J connectivity index is 0.00000180. The van der Waals surface area contributed by atoms with Gasteiger partial charge < -0.3 is 24.8 Å². The van der Waals surface area contributed by atoms with E-state index in [1.807, 2.05) is 0 Å². The molecular formula is C8H12N5Na2O3PS+2. The maximum absolute atomic E-state index is 8.98. The molecule has 2 aromatic rings. The van der Waals surface area contributed by atoms with E-state index in [1.165, 1.54) is 6.33 Å². The molecule has 0 amide bonds. The molecule has 2 aromatic heterocycles. The van der Waals surface area contributed by atoms with Crippen molar-refractivity contribution < 1.29 is 73.6 Å². The first-order chi connectivity index (χ1) is 8.47. The molecule has 0 aromatic carbocycles. The molecule has 0 radical (unpaired) electrons. The van der Waals surface area contributed by atoms with Crippen molar-refractivity contribution in [2.24, 2.45) is 0 Å². The van der Waals surface area contributed by atoms with Gasteiger partial charge in [-0.05, 0) is 11.8 Å². The molecule has 0 aliphatic carbocycles. The summed E-state index contributed by atoms with van der Waals surface area (Å²) in [5.74, 6) is 0.320. The topological polar surface area (TPSA) is 119 Å². The fourth-order valence-electron chi connectivity index (χ4n) is 1.41. The van der Waals surface area contributed by atoms with E-state index in [0.29, 0.717) is 23.5 Å². The molecule has 4 N–H and O–H groups in total. The predicted molar refractivity (Wildman–Crippen MR) is 69.3 cm³/mol. The van der Waals surface area contributed by atoms with Crippen LogP contribution in [0.5, 0.6) is 0 Å². The number of hydrogen-bond donors (Lipinski definition) is 3. The van der Waals surface area contributed by atoms with Gasteiger partial charge in [0.15, 0.2) is 11.5 Å². The molecule has 2 heterocycles. The van der Waals surface area contributed by atoms with Crippen molar-refractivity contribution in [2.45, 2.75) is 6.54 Å². The zero-order valence-corrected chi connectivity index (χ0v) is 17.0. The minimum absolute atomic E-state index is 0. The second-order valence-corrected chi connectivity index (χ2v) is 6.91. The fraction of sp³-hybridized carbons (Fsp3) is 0.375. The zero-order valence-electron chi connectivity index (χ0n) is 11.3. The summed E-state index contributed by atoms with van der Waals surface area (Å²) < 4.78 is 6.81. The number of ether oxygens (including phenoxy) is 1. The Morgan fingerprint density at radius 2 is 2.00 bits per heavy atom. The normalized spacial score (nSPS) is 10.9. The van der Waals surface area contributed by atoms with Gasteiger partial charge in [-0.25, -0.2) is 15.0 Å². The Bertz CT molecular complexity index is 607. The van der Waals surface area contributed by atoms with Gasteiger partial charge in [0.05, 0.1) is 12.9 Å². The number of anilines is 1. The third kappa shape index (κ3) is 5.94. The van der Waals surface area contributed by atoms with Crippen molar-refractivity contribution in [1.29, 1.82) is 0 Å². The molecule has 0 spiro atoms. The molecule has 0 saturated carbocycles. The van der Waals surface area contributed by atoms with Crippen LogP contribution in [0.15, 0.2) is 12.7 Å². The molecule has 0 aliphatic rings. The molecular weight excluding hydrogens is 323 g/mol. The van der Waals surface area contributed by atoms with Crippen LogP contribution in [0, 0.1) is 0 Å². The first kappa shape index (κ1) is 20.9. The van der Waals surface area contributed by atoms with Crippen molar-refractivity contribution in [1.82, 2.24) is 19.5 Å². The molecule has 0 bridgehead atoms. The molecule has 20 heavy (non-hydrogen) atoms. The second-order valence-electron chi connectivity index (χ2n) is 3.57. The third-order valence-corrected chi connectivity index (χ3v) is 3.00. The van der Waals surface area contributed by atoms with Gasteiger partial charge in [-0.1, -0.05) is 0 Å². The maximum atomic E-state index is 8.98. The van der Waals surface area contributed by atoms with Gasteiger partial charge in [0.2, 0.25) is 6.49 Å². The van der Waals surface area contributed by atoms with Crippen molar-refractivity contribution in [3.05, 3.63) is 12.7 Å². The summed E-state index contributed by atoms with van der Waals surface area (Å²) in [6.45, 7) is -2.55. The van der Waals surface area contributed by atoms with Crippen LogP contribution < -0.4 is 64.8 Å². The van der Waals surface area contributed by atoms with E-state index in [1.54, 1.807) is 10.9 Å². The molecule has 0 atom stereocenters. The molecule has 0 unspecified atom stereocenters. The Hall–Kier alpha value is 0.880. The Morgan fingerprint density at radius 1 is 1.30 bits per heavy atom. The van der Waals surface area contributed by atoms with E-state index in [9.17, 15) is 0 Å². The van der Waals surface area contributed by atoms with E-state index in [0.717, 1.165) is 0 Å². The first-order valence-electron chi connectivity index (χ1n) is 5.01. The van der Waals surface area contributed by atoms with E-state index in [4.69, 9.17) is 20.3 Å². The molecule has 2 rings (SSSR count). The number of fused-ring (bicyclic) bond motifs is 1. The van der Waals surface area contributed by atoms with E-state index >= 15 is 0 Å². The predicted octanol–water partition coefficient (Wildman–Crippen LogP) is -6.32. The SMILES string of the molecule is Nc1ncnc2c1ncn2CCOCP(O)(O)=S.[Na+].[Na+]. The summed E-state index contributed by atoms with van der Waals surface area (Å²) in [7, 11) is 0. The summed E-state index contributed by atoms with van der Waals surface area (Å²) >= 11 is 4.43. The molecule has 8 nitrogen and oxygen atoms in total. The van der Waals surface area contributed by atoms with E-state index < -0.39 is 6.49 Å². The monoisotopic (exact) mass is 335 g/mol. The average molecular weight is 335 g/mol. The third-order valence-electron chi connectivity index (χ3n) is 2.17. The second kappa shape index (κ2) is 9.12. The van der Waals surface area contributed by atoms with E-state index in [-0.39, 0.29) is 72.1 Å². The molecule has 98 valence electrons. The Morgan fingerprint density at radius 3 is 2.65 bits per heavy atom. The van der Waals surface area contributed by atoms with Crippen molar-refractivity contribution in [3.8, 4) is 0 Å². The number of nitrogen functional groups attached to an aromatic ring is 1. The van der Waals surface area contributed by atoms with Crippen molar-refractivity contribution >= 4 is 35.3 Å². The van der Waals surface area contributed by atoms with Gasteiger partial charge >= 0.3 is 59.1 Å². The number of hydrogen-bond acceptors (Lipinski definition) is 6. The maximum Gasteiger partial charge on any atom is 1.00 e. The minimum Gasteiger partial charge on any atom is -0.382 e. The molecule has 12 heteroatoms. The van der Waals surface area contributed by atoms with Gasteiger partial charge in [0, 0.05) is 6.54 Å². The average Bonchev–Trinajstić information content (AvgIpc) is 2.68. The number of rotatable bonds is 5. The summed E-state index contributed by atoms with van der Waals surface area (Å²) in [6, 6.07) is 0. The summed E-state index contributed by atoms with van der Waals surface area (Å²) in [5.41, 5.74) is 6.79. The van der Waals surface area contributed by atoms with Crippen molar-refractivity contribution in [3.63, 3.8) is 0 Å². The van der Waals surface area contributed by atoms with E-state index in [2.05, 4.69) is 26.8 Å². The summed E-state index contributed by atoms with van der Waals surface area (Å²) in [5, 5.41) is 0. The smallest absolute Gasteiger partial charge is 0.382 e. The Labute approximate surface area is 164 Å². The van der Waals surface area contributed by atoms with Crippen LogP contribution in [0.4, 0.5) is 5.82 Å². The van der Waals surface area contributed by atoms with Crippen LogP contribution in [0.25, 0.3) is 11.2 Å². The van der Waals surface area contributed by atoms with Crippen LogP contribution in [-0.4, -0.2) is 42.3 Å². The number of aromatic nitrogens is 4. The number of nitrogens with zero attached hydrogens (tertiary/aromatic N) is 4. The van der Waals surface area contributed by atoms with Crippen molar-refractivity contribution in [2.75, 3.05) is 18.7 Å². The summed E-state index contributed by atoms with van der Waals surface area (Å²) in [4.78, 5) is 30.0. The number of nitrogens with two attached hydrogens (primary N) is 1. The van der Waals surface area contributed by atoms with Crippen LogP contribution in [0.2, 0.25) is 0 Å². The zero-order chi connectivity index (χ0) is 13.2. The molecule has 0 fully saturated rings. The van der Waals surface area contributed by atoms with Gasteiger partial charge in [-0.2, -0.15) is 0 Å². The van der Waals surface area contributed by atoms with Crippen LogP contribution in [-0.2, 0) is 23.1 Å². The molecule has 0 aliphatic heterocycles. The van der Waals surface area contributed by atoms with Gasteiger partial charge in [0.1, 0.15) is 18.2 Å². The minimum atomic E-state index is -3.29. The van der Waals surface area contributed by atoms with Gasteiger partial charge in [-0.3, -0.25) is 0 Å². The number of imidazole rings is 1. The largest absolute Gasteiger partial charge is 1.00 e. The van der Waals surface area contributed by atoms with Crippen LogP contribution in [0.1, 0.15) is 0 Å². The van der Waals surface area contributed by atoms with Crippen LogP contribution in [0.3, 0.4) is 0 Å². The quantitative estimate of drug-likeness (QED) is 0.280. The summed E-state index contributed by atoms with van der Waals surface area (Å²) in [6.07, 6.45) is 2.71. The van der Waals surface area contributed by atoms with Gasteiger partial charge in [0.25, 0.3) is 0 Å². The van der Waals surface area contributed by atoms with Crippen LogP contribution >= 0.6 is 6.49 Å². The molecule has 0 saturated heterocycles. The standard InChI is InChI=1S/C8H12N5O3PS.2Na/c9-7-6-8(11-3-10-7)13(4-12-6)1-2-16-5-17(14,15)18;;/h3-4H,1-2,5H2,(H2,9,10,11)(H2,14,15,18);;/q;2*+1. The van der Waals surface area contributed by atoms with Gasteiger partial charge in [-0.15, -0.1) is 0 Å². The fourth-order valence-corrected chi connectivity index (χ4v) is 2.00. The Kier molecular flexibility index (Phi) is 9.52.